The normalized spacial score (nSPS) is 17.9. The van der Waals surface area contributed by atoms with E-state index in [0.29, 0.717) is 17.5 Å². The van der Waals surface area contributed by atoms with E-state index in [0.717, 1.165) is 30.9 Å². The van der Waals surface area contributed by atoms with E-state index in [2.05, 4.69) is 20.5 Å². The number of hydrogen-bond donors (Lipinski definition) is 2. The van der Waals surface area contributed by atoms with Crippen LogP contribution < -0.4 is 20.3 Å². The number of benzene rings is 1. The molecule has 0 saturated carbocycles. The van der Waals surface area contributed by atoms with E-state index < -0.39 is 12.7 Å². The lowest BCUT2D eigenvalue weighted by atomic mass is 10.2. The van der Waals surface area contributed by atoms with Gasteiger partial charge in [-0.25, -0.2) is 0 Å². The SMILES string of the molecule is CN=C(NCCN(C)CC(F)(F)F)NC1CCN(c2cc(Cl)ccc2OC)C1. The van der Waals surface area contributed by atoms with Crippen LogP contribution in [0.5, 0.6) is 5.75 Å². The van der Waals surface area contributed by atoms with Crippen molar-refractivity contribution in [3.05, 3.63) is 23.2 Å². The Morgan fingerprint density at radius 3 is 2.82 bits per heavy atom. The van der Waals surface area contributed by atoms with Crippen molar-refractivity contribution in [3.8, 4) is 5.75 Å². The Labute approximate surface area is 168 Å². The second kappa shape index (κ2) is 10.1. The molecule has 0 amide bonds. The molecule has 0 aliphatic carbocycles. The second-order valence-corrected chi connectivity index (χ2v) is 7.18. The highest BCUT2D eigenvalue weighted by Gasteiger charge is 2.29. The summed E-state index contributed by atoms with van der Waals surface area (Å²) in [5.74, 6) is 1.34. The Morgan fingerprint density at radius 2 is 2.18 bits per heavy atom. The molecule has 1 aliphatic heterocycles. The lowest BCUT2D eigenvalue weighted by Crippen LogP contribution is -2.46. The molecule has 1 saturated heterocycles. The van der Waals surface area contributed by atoms with E-state index in [4.69, 9.17) is 16.3 Å². The summed E-state index contributed by atoms with van der Waals surface area (Å²) in [6, 6.07) is 5.67. The van der Waals surface area contributed by atoms with Crippen LogP contribution in [0.25, 0.3) is 0 Å². The molecule has 10 heteroatoms. The monoisotopic (exact) mass is 421 g/mol. The second-order valence-electron chi connectivity index (χ2n) is 6.74. The number of aliphatic imine (C=N–C) groups is 1. The first-order valence-corrected chi connectivity index (χ1v) is 9.40. The van der Waals surface area contributed by atoms with Crippen LogP contribution in [-0.2, 0) is 0 Å². The fourth-order valence-electron chi connectivity index (χ4n) is 3.15. The molecule has 0 aromatic heterocycles. The van der Waals surface area contributed by atoms with Crippen molar-refractivity contribution in [1.29, 1.82) is 0 Å². The molecule has 0 radical (unpaired) electrons. The third-order valence-corrected chi connectivity index (χ3v) is 4.70. The van der Waals surface area contributed by atoms with Crippen molar-refractivity contribution in [2.24, 2.45) is 4.99 Å². The van der Waals surface area contributed by atoms with Crippen LogP contribution in [-0.4, -0.2) is 77.0 Å². The number of halogens is 4. The number of ether oxygens (including phenoxy) is 1. The third kappa shape index (κ3) is 6.94. The molecule has 0 bridgehead atoms. The van der Waals surface area contributed by atoms with Crippen LogP contribution in [0.4, 0.5) is 18.9 Å². The largest absolute Gasteiger partial charge is 0.495 e. The summed E-state index contributed by atoms with van der Waals surface area (Å²) >= 11 is 6.12. The van der Waals surface area contributed by atoms with Gasteiger partial charge in [0.1, 0.15) is 5.75 Å². The van der Waals surface area contributed by atoms with Gasteiger partial charge >= 0.3 is 6.18 Å². The van der Waals surface area contributed by atoms with Crippen LogP contribution in [0.2, 0.25) is 5.02 Å². The van der Waals surface area contributed by atoms with Crippen LogP contribution in [0.3, 0.4) is 0 Å². The highest BCUT2D eigenvalue weighted by atomic mass is 35.5. The van der Waals surface area contributed by atoms with Gasteiger partial charge in [0.25, 0.3) is 0 Å². The summed E-state index contributed by atoms with van der Waals surface area (Å²) < 4.78 is 42.5. The number of nitrogens with one attached hydrogen (secondary N) is 2. The Balaban J connectivity index is 1.83. The number of likely N-dealkylation sites (N-methyl/N-ethyl adjacent to an activating group) is 1. The molecule has 1 heterocycles. The highest BCUT2D eigenvalue weighted by Crippen LogP contribution is 2.33. The molecule has 158 valence electrons. The zero-order valence-corrected chi connectivity index (χ0v) is 17.1. The van der Waals surface area contributed by atoms with Gasteiger partial charge in [-0.1, -0.05) is 11.6 Å². The highest BCUT2D eigenvalue weighted by molar-refractivity contribution is 6.30. The maximum atomic E-state index is 12.4. The maximum Gasteiger partial charge on any atom is 0.401 e. The minimum absolute atomic E-state index is 0.155. The molecule has 2 rings (SSSR count). The number of hydrogen-bond acceptors (Lipinski definition) is 4. The Kier molecular flexibility index (Phi) is 8.06. The summed E-state index contributed by atoms with van der Waals surface area (Å²) in [5, 5.41) is 7.03. The van der Waals surface area contributed by atoms with Gasteiger partial charge < -0.3 is 20.3 Å². The van der Waals surface area contributed by atoms with Gasteiger partial charge in [-0.2, -0.15) is 13.2 Å². The van der Waals surface area contributed by atoms with Gasteiger partial charge in [0.15, 0.2) is 5.96 Å². The fraction of sp³-hybridized carbons (Fsp3) is 0.611. The van der Waals surface area contributed by atoms with E-state index in [1.54, 1.807) is 20.2 Å². The van der Waals surface area contributed by atoms with E-state index in [9.17, 15) is 13.2 Å². The van der Waals surface area contributed by atoms with Gasteiger partial charge in [-0.05, 0) is 31.7 Å². The molecule has 1 atom stereocenters. The van der Waals surface area contributed by atoms with Gasteiger partial charge in [0.2, 0.25) is 0 Å². The van der Waals surface area contributed by atoms with E-state index in [-0.39, 0.29) is 12.6 Å². The standard InChI is InChI=1S/C18H27ClF3N5O/c1-23-17(24-7-9-26(2)12-18(20,21)22)25-14-6-8-27(11-14)15-10-13(19)4-5-16(15)28-3/h4-5,10,14H,6-9,11-12H2,1-3H3,(H2,23,24,25). The predicted octanol–water partition coefficient (Wildman–Crippen LogP) is 2.59. The lowest BCUT2D eigenvalue weighted by Gasteiger charge is -2.23. The van der Waals surface area contributed by atoms with Crippen molar-refractivity contribution in [3.63, 3.8) is 0 Å². The minimum atomic E-state index is -4.19. The van der Waals surface area contributed by atoms with Crippen LogP contribution in [0.1, 0.15) is 6.42 Å². The molecule has 6 nitrogen and oxygen atoms in total. The molecule has 0 spiro atoms. The maximum absolute atomic E-state index is 12.4. The van der Waals surface area contributed by atoms with Crippen molar-refractivity contribution in [2.45, 2.75) is 18.6 Å². The molecule has 1 aliphatic rings. The van der Waals surface area contributed by atoms with Crippen molar-refractivity contribution in [2.75, 3.05) is 58.8 Å². The summed E-state index contributed by atoms with van der Waals surface area (Å²) in [5.41, 5.74) is 0.941. The average molecular weight is 422 g/mol. The molecular weight excluding hydrogens is 395 g/mol. The first-order chi connectivity index (χ1) is 13.2. The Bertz CT molecular complexity index is 671. The summed E-state index contributed by atoms with van der Waals surface area (Å²) in [6.07, 6.45) is -3.30. The summed E-state index contributed by atoms with van der Waals surface area (Å²) in [4.78, 5) is 7.57. The zero-order chi connectivity index (χ0) is 20.7. The van der Waals surface area contributed by atoms with E-state index in [1.165, 1.54) is 11.9 Å². The number of rotatable bonds is 7. The average Bonchev–Trinajstić information content (AvgIpc) is 3.07. The van der Waals surface area contributed by atoms with Crippen molar-refractivity contribution < 1.29 is 17.9 Å². The predicted molar refractivity (Wildman–Crippen MR) is 107 cm³/mol. The fourth-order valence-corrected chi connectivity index (χ4v) is 3.31. The third-order valence-electron chi connectivity index (χ3n) is 4.47. The number of guanidine groups is 1. The Hall–Kier alpha value is -1.87. The topological polar surface area (TPSA) is 52.1 Å². The number of methoxy groups -OCH3 is 1. The smallest absolute Gasteiger partial charge is 0.401 e. The lowest BCUT2D eigenvalue weighted by molar-refractivity contribution is -0.142. The first-order valence-electron chi connectivity index (χ1n) is 9.03. The Morgan fingerprint density at radius 1 is 1.43 bits per heavy atom. The molecule has 1 aromatic rings. The van der Waals surface area contributed by atoms with Crippen molar-refractivity contribution in [1.82, 2.24) is 15.5 Å². The molecule has 1 unspecified atom stereocenters. The number of nitrogens with zero attached hydrogens (tertiary/aromatic N) is 3. The van der Waals surface area contributed by atoms with Gasteiger partial charge in [0.05, 0.1) is 19.3 Å². The van der Waals surface area contributed by atoms with Gasteiger partial charge in [0, 0.05) is 44.3 Å². The summed E-state index contributed by atoms with van der Waals surface area (Å²) in [7, 11) is 4.71. The molecule has 1 aromatic carbocycles. The van der Waals surface area contributed by atoms with Gasteiger partial charge in [-0.3, -0.25) is 9.89 Å². The molecule has 1 fully saturated rings. The van der Waals surface area contributed by atoms with Gasteiger partial charge in [-0.15, -0.1) is 0 Å². The number of anilines is 1. The zero-order valence-electron chi connectivity index (χ0n) is 16.3. The van der Waals surface area contributed by atoms with Crippen LogP contribution in [0.15, 0.2) is 23.2 Å². The van der Waals surface area contributed by atoms with Crippen molar-refractivity contribution >= 4 is 23.2 Å². The van der Waals surface area contributed by atoms with Crippen LogP contribution >= 0.6 is 11.6 Å². The molecule has 2 N–H and O–H groups in total. The number of alkyl halides is 3. The van der Waals surface area contributed by atoms with E-state index in [1.807, 2.05) is 12.1 Å². The summed E-state index contributed by atoms with van der Waals surface area (Å²) in [6.45, 7) is 1.27. The van der Waals surface area contributed by atoms with Crippen LogP contribution in [0, 0.1) is 0 Å². The first kappa shape index (κ1) is 22.4. The quantitative estimate of drug-likeness (QED) is 0.523. The van der Waals surface area contributed by atoms with E-state index >= 15 is 0 Å². The molecule has 28 heavy (non-hydrogen) atoms. The molecular formula is C18H27ClF3N5O. The minimum Gasteiger partial charge on any atom is -0.495 e.